The first-order chi connectivity index (χ1) is 11.7. The number of methoxy groups -OCH3 is 2. The van der Waals surface area contributed by atoms with E-state index in [1.165, 1.54) is 20.3 Å². The molecule has 0 spiro atoms. The van der Waals surface area contributed by atoms with Crippen molar-refractivity contribution in [2.45, 2.75) is 6.18 Å². The number of hydrogen-bond acceptors (Lipinski definition) is 3. The van der Waals surface area contributed by atoms with E-state index in [9.17, 15) is 18.0 Å². The molecule has 9 heteroatoms. The minimum atomic E-state index is -4.54. The first-order valence-corrected chi connectivity index (χ1v) is 7.29. The molecule has 2 aromatic carbocycles. The second-order valence-corrected chi connectivity index (χ2v) is 5.25. The molecule has 25 heavy (non-hydrogen) atoms. The molecule has 0 saturated heterocycles. The molecule has 5 nitrogen and oxygen atoms in total. The third-order valence-electron chi connectivity index (χ3n) is 3.18. The average molecular weight is 375 g/mol. The predicted octanol–water partition coefficient (Wildman–Crippen LogP) is 5.02. The summed E-state index contributed by atoms with van der Waals surface area (Å²) in [6, 6.07) is 6.53. The summed E-state index contributed by atoms with van der Waals surface area (Å²) >= 11 is 5.83. The summed E-state index contributed by atoms with van der Waals surface area (Å²) in [6.07, 6.45) is -4.54. The number of amides is 2. The van der Waals surface area contributed by atoms with E-state index < -0.39 is 17.8 Å². The topological polar surface area (TPSA) is 59.6 Å². The van der Waals surface area contributed by atoms with Crippen LogP contribution in [0.4, 0.5) is 29.3 Å². The van der Waals surface area contributed by atoms with E-state index in [-0.39, 0.29) is 10.7 Å². The average Bonchev–Trinajstić information content (AvgIpc) is 2.55. The van der Waals surface area contributed by atoms with Crippen LogP contribution >= 0.6 is 11.6 Å². The van der Waals surface area contributed by atoms with E-state index >= 15 is 0 Å². The van der Waals surface area contributed by atoms with Crippen molar-refractivity contribution in [2.75, 3.05) is 24.9 Å². The Morgan fingerprint density at radius 2 is 1.68 bits per heavy atom. The van der Waals surface area contributed by atoms with Crippen LogP contribution in [0.3, 0.4) is 0 Å². The highest BCUT2D eigenvalue weighted by atomic mass is 35.5. The van der Waals surface area contributed by atoms with Gasteiger partial charge in [-0.25, -0.2) is 4.79 Å². The lowest BCUT2D eigenvalue weighted by molar-refractivity contribution is -0.137. The lowest BCUT2D eigenvalue weighted by Crippen LogP contribution is -2.20. The summed E-state index contributed by atoms with van der Waals surface area (Å²) in [7, 11) is 2.90. The Labute approximate surface area is 146 Å². The number of hydrogen-bond donors (Lipinski definition) is 2. The fourth-order valence-electron chi connectivity index (χ4n) is 2.00. The third kappa shape index (κ3) is 4.69. The minimum Gasteiger partial charge on any atom is -0.493 e. The molecule has 0 heterocycles. The van der Waals surface area contributed by atoms with Crippen molar-refractivity contribution >= 4 is 29.0 Å². The second kappa shape index (κ2) is 7.52. The van der Waals surface area contributed by atoms with E-state index in [1.807, 2.05) is 0 Å². The highest BCUT2D eigenvalue weighted by molar-refractivity contribution is 6.33. The zero-order valence-corrected chi connectivity index (χ0v) is 14.0. The maximum atomic E-state index is 12.7. The molecule has 2 amide bonds. The van der Waals surface area contributed by atoms with Crippen molar-refractivity contribution in [2.24, 2.45) is 0 Å². The van der Waals surface area contributed by atoms with Crippen LogP contribution in [-0.4, -0.2) is 20.3 Å². The molecular weight excluding hydrogens is 361 g/mol. The number of carbonyl (C=O) groups excluding carboxylic acids is 1. The predicted molar refractivity (Wildman–Crippen MR) is 88.6 cm³/mol. The minimum absolute atomic E-state index is 0.0181. The summed E-state index contributed by atoms with van der Waals surface area (Å²) in [4.78, 5) is 12.0. The molecule has 0 radical (unpaired) electrons. The van der Waals surface area contributed by atoms with Gasteiger partial charge in [0, 0.05) is 11.8 Å². The summed E-state index contributed by atoms with van der Waals surface area (Å²) in [5, 5.41) is 4.74. The molecule has 2 N–H and O–H groups in total. The van der Waals surface area contributed by atoms with Gasteiger partial charge in [0.25, 0.3) is 0 Å². The fourth-order valence-corrected chi connectivity index (χ4v) is 2.16. The zero-order chi connectivity index (χ0) is 18.6. The van der Waals surface area contributed by atoms with Crippen molar-refractivity contribution in [1.82, 2.24) is 0 Å². The molecule has 0 aliphatic carbocycles. The van der Waals surface area contributed by atoms with Gasteiger partial charge >= 0.3 is 12.2 Å². The van der Waals surface area contributed by atoms with Crippen molar-refractivity contribution in [3.05, 3.63) is 47.0 Å². The summed E-state index contributed by atoms with van der Waals surface area (Å²) in [5.74, 6) is 0.854. The molecule has 0 aromatic heterocycles. The summed E-state index contributed by atoms with van der Waals surface area (Å²) in [5.41, 5.74) is -0.717. The zero-order valence-electron chi connectivity index (χ0n) is 13.2. The maximum Gasteiger partial charge on any atom is 0.416 e. The Kier molecular flexibility index (Phi) is 5.63. The molecular formula is C16H14ClF3N2O3. The van der Waals surface area contributed by atoms with Gasteiger partial charge in [0.2, 0.25) is 0 Å². The molecule has 0 atom stereocenters. The van der Waals surface area contributed by atoms with E-state index in [1.54, 1.807) is 12.1 Å². The van der Waals surface area contributed by atoms with Crippen LogP contribution in [0.1, 0.15) is 5.56 Å². The molecule has 134 valence electrons. The molecule has 0 fully saturated rings. The summed E-state index contributed by atoms with van der Waals surface area (Å²) in [6.45, 7) is 0. The van der Waals surface area contributed by atoms with E-state index in [0.29, 0.717) is 17.2 Å². The van der Waals surface area contributed by atoms with Crippen molar-refractivity contribution in [3.8, 4) is 11.5 Å². The van der Waals surface area contributed by atoms with Gasteiger partial charge in [-0.1, -0.05) is 11.6 Å². The van der Waals surface area contributed by atoms with Crippen LogP contribution in [-0.2, 0) is 6.18 Å². The van der Waals surface area contributed by atoms with E-state index in [2.05, 4.69) is 10.6 Å². The Bertz CT molecular complexity index is 782. The fraction of sp³-hybridized carbons (Fsp3) is 0.188. The van der Waals surface area contributed by atoms with Gasteiger partial charge in [-0.05, 0) is 30.3 Å². The van der Waals surface area contributed by atoms with Crippen LogP contribution in [0.5, 0.6) is 11.5 Å². The molecule has 0 aliphatic rings. The molecule has 0 bridgehead atoms. The second-order valence-electron chi connectivity index (χ2n) is 4.84. The Morgan fingerprint density at radius 3 is 2.28 bits per heavy atom. The Hall–Kier alpha value is -2.61. The van der Waals surface area contributed by atoms with Crippen LogP contribution in [0.15, 0.2) is 36.4 Å². The molecule has 2 aromatic rings. The summed E-state index contributed by atoms with van der Waals surface area (Å²) < 4.78 is 48.4. The van der Waals surface area contributed by atoms with Gasteiger partial charge in [0.1, 0.15) is 0 Å². The smallest absolute Gasteiger partial charge is 0.416 e. The molecule has 2 rings (SSSR count). The van der Waals surface area contributed by atoms with Crippen LogP contribution in [0.25, 0.3) is 0 Å². The first kappa shape index (κ1) is 18.7. The first-order valence-electron chi connectivity index (χ1n) is 6.91. The largest absolute Gasteiger partial charge is 0.493 e. The monoisotopic (exact) mass is 374 g/mol. The number of rotatable bonds is 4. The Morgan fingerprint density at radius 1 is 1.00 bits per heavy atom. The highest BCUT2D eigenvalue weighted by Crippen LogP contribution is 2.34. The molecule has 0 unspecified atom stereocenters. The van der Waals surface area contributed by atoms with Crippen molar-refractivity contribution < 1.29 is 27.4 Å². The Balaban J connectivity index is 2.15. The number of anilines is 2. The molecule has 0 aliphatic heterocycles. The standard InChI is InChI=1S/C16H14ClF3N2O3/c1-24-13-6-4-10(8-14(13)25-2)21-15(23)22-12-7-9(16(18,19)20)3-5-11(12)17/h3-8H,1-2H3,(H2,21,22,23). The molecule has 0 saturated carbocycles. The number of alkyl halides is 3. The van der Waals surface area contributed by atoms with Gasteiger partial charge < -0.3 is 20.1 Å². The number of urea groups is 1. The van der Waals surface area contributed by atoms with Gasteiger partial charge in [-0.3, -0.25) is 0 Å². The van der Waals surface area contributed by atoms with Gasteiger partial charge in [-0.2, -0.15) is 13.2 Å². The van der Waals surface area contributed by atoms with E-state index in [4.69, 9.17) is 21.1 Å². The van der Waals surface area contributed by atoms with Crippen molar-refractivity contribution in [3.63, 3.8) is 0 Å². The van der Waals surface area contributed by atoms with Gasteiger partial charge in [0.05, 0.1) is 30.5 Å². The van der Waals surface area contributed by atoms with Crippen LogP contribution in [0, 0.1) is 0 Å². The number of benzene rings is 2. The van der Waals surface area contributed by atoms with Crippen molar-refractivity contribution in [1.29, 1.82) is 0 Å². The number of halogens is 4. The third-order valence-corrected chi connectivity index (χ3v) is 3.51. The van der Waals surface area contributed by atoms with E-state index in [0.717, 1.165) is 18.2 Å². The number of ether oxygens (including phenoxy) is 2. The lowest BCUT2D eigenvalue weighted by Gasteiger charge is -2.13. The van der Waals surface area contributed by atoms with Crippen LogP contribution < -0.4 is 20.1 Å². The number of nitrogens with one attached hydrogen (secondary N) is 2. The normalized spacial score (nSPS) is 11.0. The van der Waals surface area contributed by atoms with Gasteiger partial charge in [0.15, 0.2) is 11.5 Å². The SMILES string of the molecule is COc1ccc(NC(=O)Nc2cc(C(F)(F)F)ccc2Cl)cc1OC. The quantitative estimate of drug-likeness (QED) is 0.790. The maximum absolute atomic E-state index is 12.7. The highest BCUT2D eigenvalue weighted by Gasteiger charge is 2.31. The lowest BCUT2D eigenvalue weighted by atomic mass is 10.2. The van der Waals surface area contributed by atoms with Gasteiger partial charge in [-0.15, -0.1) is 0 Å². The van der Waals surface area contributed by atoms with Crippen LogP contribution in [0.2, 0.25) is 5.02 Å². The number of carbonyl (C=O) groups is 1.